The summed E-state index contributed by atoms with van der Waals surface area (Å²) in [7, 11) is 0. The fourth-order valence-corrected chi connectivity index (χ4v) is 1.80. The second kappa shape index (κ2) is 5.01. The molecule has 1 aromatic carbocycles. The Morgan fingerprint density at radius 2 is 1.81 bits per heavy atom. The maximum absolute atomic E-state index is 10.9. The molecule has 0 aliphatic rings. The standard InChI is InChI=1S/C13H18O3/c1-5-11(13(14)15)16-12-9(3)6-8(2)7-10(12)4/h6-7,11H,5H2,1-4H3,(H,14,15). The Morgan fingerprint density at radius 1 is 1.31 bits per heavy atom. The number of aliphatic carboxylic acids is 1. The summed E-state index contributed by atoms with van der Waals surface area (Å²) < 4.78 is 5.54. The number of aryl methyl sites for hydroxylation is 3. The Bertz CT molecular complexity index is 373. The van der Waals surface area contributed by atoms with Crippen LogP contribution in [0.5, 0.6) is 5.75 Å². The van der Waals surface area contributed by atoms with Crippen LogP contribution in [0.4, 0.5) is 0 Å². The van der Waals surface area contributed by atoms with Crippen molar-refractivity contribution in [1.29, 1.82) is 0 Å². The van der Waals surface area contributed by atoms with Crippen LogP contribution in [-0.4, -0.2) is 17.2 Å². The van der Waals surface area contributed by atoms with Gasteiger partial charge in [-0.25, -0.2) is 4.79 Å². The molecule has 0 fully saturated rings. The van der Waals surface area contributed by atoms with E-state index < -0.39 is 12.1 Å². The molecule has 16 heavy (non-hydrogen) atoms. The van der Waals surface area contributed by atoms with Crippen LogP contribution in [0.2, 0.25) is 0 Å². The minimum atomic E-state index is -0.915. The zero-order valence-electron chi connectivity index (χ0n) is 10.2. The van der Waals surface area contributed by atoms with E-state index in [9.17, 15) is 4.79 Å². The number of rotatable bonds is 4. The summed E-state index contributed by atoms with van der Waals surface area (Å²) in [6, 6.07) is 3.99. The third kappa shape index (κ3) is 2.75. The van der Waals surface area contributed by atoms with Crippen LogP contribution >= 0.6 is 0 Å². The summed E-state index contributed by atoms with van der Waals surface area (Å²) in [4.78, 5) is 10.9. The summed E-state index contributed by atoms with van der Waals surface area (Å²) in [6.45, 7) is 7.68. The van der Waals surface area contributed by atoms with Gasteiger partial charge in [-0.15, -0.1) is 0 Å². The van der Waals surface area contributed by atoms with Crippen LogP contribution in [0.1, 0.15) is 30.0 Å². The molecular weight excluding hydrogens is 204 g/mol. The number of benzene rings is 1. The first-order valence-corrected chi connectivity index (χ1v) is 5.43. The highest BCUT2D eigenvalue weighted by atomic mass is 16.5. The van der Waals surface area contributed by atoms with E-state index in [-0.39, 0.29) is 0 Å². The zero-order chi connectivity index (χ0) is 12.3. The second-order valence-electron chi connectivity index (χ2n) is 4.08. The number of ether oxygens (including phenoxy) is 1. The molecule has 1 N–H and O–H groups in total. The van der Waals surface area contributed by atoms with Crippen LogP contribution in [0, 0.1) is 20.8 Å². The maximum atomic E-state index is 10.9. The zero-order valence-corrected chi connectivity index (χ0v) is 10.2. The van der Waals surface area contributed by atoms with E-state index in [2.05, 4.69) is 0 Å². The number of carbonyl (C=O) groups is 1. The lowest BCUT2D eigenvalue weighted by atomic mass is 10.1. The minimum absolute atomic E-state index is 0.460. The molecule has 0 aromatic heterocycles. The smallest absolute Gasteiger partial charge is 0.344 e. The van der Waals surface area contributed by atoms with Gasteiger partial charge in [0.2, 0.25) is 0 Å². The molecule has 1 rings (SSSR count). The first-order chi connectivity index (χ1) is 7.45. The first kappa shape index (κ1) is 12.6. The molecule has 3 nitrogen and oxygen atoms in total. The molecule has 0 amide bonds. The van der Waals surface area contributed by atoms with Gasteiger partial charge < -0.3 is 9.84 Å². The van der Waals surface area contributed by atoms with Crippen molar-refractivity contribution in [3.8, 4) is 5.75 Å². The molecule has 0 bridgehead atoms. The normalized spacial score (nSPS) is 12.2. The molecule has 1 atom stereocenters. The SMILES string of the molecule is CCC(Oc1c(C)cc(C)cc1C)C(=O)O. The lowest BCUT2D eigenvalue weighted by Crippen LogP contribution is -2.26. The molecule has 0 aliphatic heterocycles. The van der Waals surface area contributed by atoms with Crippen molar-refractivity contribution in [3.63, 3.8) is 0 Å². The van der Waals surface area contributed by atoms with Gasteiger partial charge in [0, 0.05) is 0 Å². The summed E-state index contributed by atoms with van der Waals surface area (Å²) in [5, 5.41) is 8.95. The lowest BCUT2D eigenvalue weighted by molar-refractivity contribution is -0.145. The summed E-state index contributed by atoms with van der Waals surface area (Å²) in [6.07, 6.45) is -0.303. The summed E-state index contributed by atoms with van der Waals surface area (Å²) >= 11 is 0. The van der Waals surface area contributed by atoms with Crippen molar-refractivity contribution in [3.05, 3.63) is 28.8 Å². The van der Waals surface area contributed by atoms with Gasteiger partial charge >= 0.3 is 5.97 Å². The molecule has 0 radical (unpaired) electrons. The molecule has 0 heterocycles. The molecule has 0 saturated carbocycles. The predicted molar refractivity (Wildman–Crippen MR) is 63.0 cm³/mol. The Hall–Kier alpha value is -1.51. The van der Waals surface area contributed by atoms with E-state index in [0.717, 1.165) is 16.7 Å². The molecule has 88 valence electrons. The number of hydrogen-bond donors (Lipinski definition) is 1. The van der Waals surface area contributed by atoms with E-state index >= 15 is 0 Å². The minimum Gasteiger partial charge on any atom is -0.479 e. The highest BCUT2D eigenvalue weighted by molar-refractivity contribution is 5.72. The van der Waals surface area contributed by atoms with Crippen LogP contribution in [-0.2, 0) is 4.79 Å². The van der Waals surface area contributed by atoms with Crippen molar-refractivity contribution in [2.45, 2.75) is 40.2 Å². The number of carboxylic acids is 1. The Labute approximate surface area is 96.1 Å². The molecule has 0 saturated heterocycles. The Kier molecular flexibility index (Phi) is 3.93. The van der Waals surface area contributed by atoms with Gasteiger partial charge in [-0.3, -0.25) is 0 Å². The quantitative estimate of drug-likeness (QED) is 0.852. The van der Waals surface area contributed by atoms with E-state index in [0.29, 0.717) is 12.2 Å². The molecule has 1 unspecified atom stereocenters. The predicted octanol–water partition coefficient (Wildman–Crippen LogP) is 2.85. The third-order valence-corrected chi connectivity index (χ3v) is 2.51. The van der Waals surface area contributed by atoms with Crippen molar-refractivity contribution < 1.29 is 14.6 Å². The van der Waals surface area contributed by atoms with Gasteiger partial charge in [0.1, 0.15) is 5.75 Å². The second-order valence-corrected chi connectivity index (χ2v) is 4.08. The van der Waals surface area contributed by atoms with Crippen LogP contribution in [0.3, 0.4) is 0 Å². The fraction of sp³-hybridized carbons (Fsp3) is 0.462. The number of hydrogen-bond acceptors (Lipinski definition) is 2. The highest BCUT2D eigenvalue weighted by Gasteiger charge is 2.18. The summed E-state index contributed by atoms with van der Waals surface area (Å²) in [5.41, 5.74) is 3.13. The van der Waals surface area contributed by atoms with Crippen LogP contribution < -0.4 is 4.74 Å². The molecule has 3 heteroatoms. The van der Waals surface area contributed by atoms with Gasteiger partial charge in [0.05, 0.1) is 0 Å². The Balaban J connectivity index is 3.01. The topological polar surface area (TPSA) is 46.5 Å². The fourth-order valence-electron chi connectivity index (χ4n) is 1.80. The van der Waals surface area contributed by atoms with Crippen molar-refractivity contribution in [2.24, 2.45) is 0 Å². The van der Waals surface area contributed by atoms with Gasteiger partial charge in [0.15, 0.2) is 6.10 Å². The molecule has 0 aliphatic carbocycles. The van der Waals surface area contributed by atoms with Gasteiger partial charge in [-0.05, 0) is 38.3 Å². The lowest BCUT2D eigenvalue weighted by Gasteiger charge is -2.17. The van der Waals surface area contributed by atoms with Gasteiger partial charge in [-0.1, -0.05) is 24.6 Å². The first-order valence-electron chi connectivity index (χ1n) is 5.43. The monoisotopic (exact) mass is 222 g/mol. The van der Waals surface area contributed by atoms with Crippen molar-refractivity contribution in [2.75, 3.05) is 0 Å². The van der Waals surface area contributed by atoms with E-state index in [4.69, 9.17) is 9.84 Å². The largest absolute Gasteiger partial charge is 0.479 e. The highest BCUT2D eigenvalue weighted by Crippen LogP contribution is 2.26. The average Bonchev–Trinajstić information content (AvgIpc) is 2.15. The maximum Gasteiger partial charge on any atom is 0.344 e. The Morgan fingerprint density at radius 3 is 2.19 bits per heavy atom. The van der Waals surface area contributed by atoms with E-state index in [1.54, 1.807) is 6.92 Å². The van der Waals surface area contributed by atoms with Crippen LogP contribution in [0.15, 0.2) is 12.1 Å². The van der Waals surface area contributed by atoms with E-state index in [1.165, 1.54) is 0 Å². The number of carboxylic acid groups (broad SMARTS) is 1. The summed E-state index contributed by atoms with van der Waals surface area (Å²) in [5.74, 6) is -0.221. The third-order valence-electron chi connectivity index (χ3n) is 2.51. The van der Waals surface area contributed by atoms with Gasteiger partial charge in [-0.2, -0.15) is 0 Å². The van der Waals surface area contributed by atoms with Crippen molar-refractivity contribution in [1.82, 2.24) is 0 Å². The molecular formula is C13H18O3. The van der Waals surface area contributed by atoms with E-state index in [1.807, 2.05) is 32.9 Å². The van der Waals surface area contributed by atoms with Crippen molar-refractivity contribution >= 4 is 5.97 Å². The van der Waals surface area contributed by atoms with Gasteiger partial charge in [0.25, 0.3) is 0 Å². The van der Waals surface area contributed by atoms with Crippen LogP contribution in [0.25, 0.3) is 0 Å². The molecule has 0 spiro atoms. The average molecular weight is 222 g/mol. The molecule has 1 aromatic rings.